The Kier molecular flexibility index (Phi) is 6.17. The first-order chi connectivity index (χ1) is 11.0. The van der Waals surface area contributed by atoms with Crippen LogP contribution < -0.4 is 11.1 Å². The second kappa shape index (κ2) is 8.33. The number of aryl methyl sites for hydroxylation is 1. The maximum absolute atomic E-state index is 11.9. The summed E-state index contributed by atoms with van der Waals surface area (Å²) in [5, 5.41) is 7.08. The molecule has 1 heterocycles. The van der Waals surface area contributed by atoms with E-state index in [4.69, 9.17) is 5.73 Å². The van der Waals surface area contributed by atoms with Crippen molar-refractivity contribution >= 4 is 11.7 Å². The van der Waals surface area contributed by atoms with E-state index >= 15 is 0 Å². The number of amides is 1. The molecule has 0 atom stereocenters. The molecule has 23 heavy (non-hydrogen) atoms. The van der Waals surface area contributed by atoms with Crippen molar-refractivity contribution in [3.05, 3.63) is 47.7 Å². The Morgan fingerprint density at radius 2 is 2.04 bits per heavy atom. The van der Waals surface area contributed by atoms with Gasteiger partial charge in [0.05, 0.1) is 5.69 Å². The molecular weight excluding hydrogens is 290 g/mol. The van der Waals surface area contributed by atoms with E-state index in [0.29, 0.717) is 12.4 Å². The number of anilines is 1. The molecule has 6 heteroatoms. The van der Waals surface area contributed by atoms with Gasteiger partial charge in [-0.25, -0.2) is 4.68 Å². The topological polar surface area (TPSA) is 76.2 Å². The number of nitrogens with one attached hydrogen (secondary N) is 1. The van der Waals surface area contributed by atoms with Crippen LogP contribution in [0.3, 0.4) is 0 Å². The molecule has 2 rings (SSSR count). The van der Waals surface area contributed by atoms with Crippen molar-refractivity contribution in [2.75, 3.05) is 32.4 Å². The quantitative estimate of drug-likeness (QED) is 0.764. The number of likely N-dealkylation sites (N-methyl/N-ethyl adjacent to an activating group) is 1. The third kappa shape index (κ3) is 5.75. The van der Waals surface area contributed by atoms with Crippen molar-refractivity contribution in [1.29, 1.82) is 0 Å². The van der Waals surface area contributed by atoms with Crippen LogP contribution in [0.4, 0.5) is 5.82 Å². The van der Waals surface area contributed by atoms with Gasteiger partial charge in [0, 0.05) is 25.7 Å². The van der Waals surface area contributed by atoms with Crippen LogP contribution in [0.25, 0.3) is 0 Å². The molecule has 0 bridgehead atoms. The van der Waals surface area contributed by atoms with Gasteiger partial charge in [-0.05, 0) is 26.0 Å². The molecule has 1 aromatic carbocycles. The number of hydrogen-bond acceptors (Lipinski definition) is 4. The third-order valence-corrected chi connectivity index (χ3v) is 3.67. The van der Waals surface area contributed by atoms with Gasteiger partial charge in [0.25, 0.3) is 0 Å². The molecule has 0 fully saturated rings. The number of nitrogen functional groups attached to an aromatic ring is 1. The van der Waals surface area contributed by atoms with Gasteiger partial charge in [-0.1, -0.05) is 30.3 Å². The summed E-state index contributed by atoms with van der Waals surface area (Å²) in [4.78, 5) is 14.1. The van der Waals surface area contributed by atoms with Crippen molar-refractivity contribution < 1.29 is 4.79 Å². The third-order valence-electron chi connectivity index (χ3n) is 3.67. The normalized spacial score (nSPS) is 10.9. The van der Waals surface area contributed by atoms with Gasteiger partial charge in [0.1, 0.15) is 12.4 Å². The number of nitrogens with zero attached hydrogens (tertiary/aromatic N) is 3. The predicted octanol–water partition coefficient (Wildman–Crippen LogP) is 1.06. The molecule has 0 radical (unpaired) electrons. The second-order valence-corrected chi connectivity index (χ2v) is 5.76. The Balaban J connectivity index is 1.64. The zero-order valence-corrected chi connectivity index (χ0v) is 13.8. The summed E-state index contributed by atoms with van der Waals surface area (Å²) in [7, 11) is 2.06. The van der Waals surface area contributed by atoms with Gasteiger partial charge in [0.2, 0.25) is 5.91 Å². The predicted molar refractivity (Wildman–Crippen MR) is 92.0 cm³/mol. The maximum atomic E-state index is 11.9. The molecule has 0 saturated heterocycles. The van der Waals surface area contributed by atoms with Gasteiger partial charge in [0.15, 0.2) is 0 Å². The van der Waals surface area contributed by atoms with Crippen molar-refractivity contribution in [1.82, 2.24) is 20.0 Å². The van der Waals surface area contributed by atoms with Crippen LogP contribution in [0, 0.1) is 6.92 Å². The maximum Gasteiger partial charge on any atom is 0.241 e. The first-order valence-corrected chi connectivity index (χ1v) is 7.83. The number of benzene rings is 1. The molecule has 6 nitrogen and oxygen atoms in total. The number of aromatic nitrogens is 2. The molecular formula is C17H25N5O. The molecule has 1 aromatic heterocycles. The first kappa shape index (κ1) is 17.0. The molecule has 0 unspecified atom stereocenters. The Hall–Kier alpha value is -2.34. The van der Waals surface area contributed by atoms with E-state index in [2.05, 4.69) is 46.6 Å². The summed E-state index contributed by atoms with van der Waals surface area (Å²) < 4.78 is 1.52. The Labute approximate surface area is 137 Å². The highest BCUT2D eigenvalue weighted by atomic mass is 16.2. The van der Waals surface area contributed by atoms with Crippen molar-refractivity contribution in [3.8, 4) is 0 Å². The SMILES string of the molecule is Cc1cc(N)n(CC(=O)NCCN(C)CCc2ccccc2)n1. The van der Waals surface area contributed by atoms with Crippen LogP contribution in [0.1, 0.15) is 11.3 Å². The van der Waals surface area contributed by atoms with E-state index in [1.807, 2.05) is 13.0 Å². The Morgan fingerprint density at radius 1 is 1.30 bits per heavy atom. The van der Waals surface area contributed by atoms with Crippen LogP contribution in [0.5, 0.6) is 0 Å². The fraction of sp³-hybridized carbons (Fsp3) is 0.412. The molecule has 2 aromatic rings. The van der Waals surface area contributed by atoms with Gasteiger partial charge < -0.3 is 16.0 Å². The average Bonchev–Trinajstić information content (AvgIpc) is 2.84. The van der Waals surface area contributed by atoms with Gasteiger partial charge in [-0.2, -0.15) is 5.10 Å². The summed E-state index contributed by atoms with van der Waals surface area (Å²) in [6.45, 7) is 4.40. The van der Waals surface area contributed by atoms with Crippen molar-refractivity contribution in [3.63, 3.8) is 0 Å². The van der Waals surface area contributed by atoms with Crippen LogP contribution in [0.2, 0.25) is 0 Å². The minimum absolute atomic E-state index is 0.0729. The molecule has 124 valence electrons. The van der Waals surface area contributed by atoms with Crippen LogP contribution in [0.15, 0.2) is 36.4 Å². The molecule has 0 spiro atoms. The van der Waals surface area contributed by atoms with E-state index in [1.165, 1.54) is 10.2 Å². The average molecular weight is 315 g/mol. The summed E-state index contributed by atoms with van der Waals surface area (Å²) in [5.74, 6) is 0.439. The highest BCUT2D eigenvalue weighted by Crippen LogP contribution is 2.04. The van der Waals surface area contributed by atoms with Gasteiger partial charge in [-0.15, -0.1) is 0 Å². The Bertz CT molecular complexity index is 623. The van der Waals surface area contributed by atoms with E-state index < -0.39 is 0 Å². The van der Waals surface area contributed by atoms with Crippen LogP contribution in [-0.2, 0) is 17.8 Å². The lowest BCUT2D eigenvalue weighted by molar-refractivity contribution is -0.121. The molecule has 1 amide bonds. The van der Waals surface area contributed by atoms with Crippen LogP contribution in [-0.4, -0.2) is 47.3 Å². The monoisotopic (exact) mass is 315 g/mol. The highest BCUT2D eigenvalue weighted by Gasteiger charge is 2.07. The molecule has 0 saturated carbocycles. The fourth-order valence-electron chi connectivity index (χ4n) is 2.35. The molecule has 3 N–H and O–H groups in total. The fourth-order valence-corrected chi connectivity index (χ4v) is 2.35. The lowest BCUT2D eigenvalue weighted by Crippen LogP contribution is -2.35. The first-order valence-electron chi connectivity index (χ1n) is 7.83. The summed E-state index contributed by atoms with van der Waals surface area (Å²) in [6, 6.07) is 12.1. The van der Waals surface area contributed by atoms with E-state index in [0.717, 1.165) is 25.2 Å². The van der Waals surface area contributed by atoms with Crippen molar-refractivity contribution in [2.24, 2.45) is 0 Å². The largest absolute Gasteiger partial charge is 0.384 e. The zero-order valence-electron chi connectivity index (χ0n) is 13.8. The second-order valence-electron chi connectivity index (χ2n) is 5.76. The number of nitrogens with two attached hydrogens (primary N) is 1. The lowest BCUT2D eigenvalue weighted by atomic mass is 10.1. The number of carbonyl (C=O) groups excluding carboxylic acids is 1. The number of carbonyl (C=O) groups is 1. The number of rotatable bonds is 8. The smallest absolute Gasteiger partial charge is 0.241 e. The minimum atomic E-state index is -0.0729. The minimum Gasteiger partial charge on any atom is -0.384 e. The van der Waals surface area contributed by atoms with Crippen LogP contribution >= 0.6 is 0 Å². The summed E-state index contributed by atoms with van der Waals surface area (Å²) >= 11 is 0. The summed E-state index contributed by atoms with van der Waals surface area (Å²) in [6.07, 6.45) is 1.01. The molecule has 0 aliphatic carbocycles. The standard InChI is InChI=1S/C17H25N5O/c1-14-12-16(18)22(20-14)13-17(23)19-9-11-21(2)10-8-15-6-4-3-5-7-15/h3-7,12H,8-11,13,18H2,1-2H3,(H,19,23). The molecule has 0 aliphatic rings. The summed E-state index contributed by atoms with van der Waals surface area (Å²) in [5.41, 5.74) is 7.92. The van der Waals surface area contributed by atoms with Gasteiger partial charge in [-0.3, -0.25) is 4.79 Å². The van der Waals surface area contributed by atoms with Crippen molar-refractivity contribution in [2.45, 2.75) is 19.9 Å². The molecule has 0 aliphatic heterocycles. The van der Waals surface area contributed by atoms with Gasteiger partial charge >= 0.3 is 0 Å². The highest BCUT2D eigenvalue weighted by molar-refractivity contribution is 5.76. The van der Waals surface area contributed by atoms with E-state index in [9.17, 15) is 4.79 Å². The lowest BCUT2D eigenvalue weighted by Gasteiger charge is -2.17. The van der Waals surface area contributed by atoms with E-state index in [-0.39, 0.29) is 12.5 Å². The number of hydrogen-bond donors (Lipinski definition) is 2. The zero-order chi connectivity index (χ0) is 16.7. The van der Waals surface area contributed by atoms with E-state index in [1.54, 1.807) is 6.07 Å². The Morgan fingerprint density at radius 3 is 2.70 bits per heavy atom.